The standard InChI is InChI=1S/C18H10Cl2N2OS2/c19-11-5-3-9(8-12(11)20)16(23)17-15(21)10-4-6-13(22-18(10)25-17)14-2-1-7-24-14/h1-8H,21H2. The molecule has 0 bridgehead atoms. The molecule has 3 heterocycles. The zero-order valence-corrected chi connectivity index (χ0v) is 15.8. The van der Waals surface area contributed by atoms with Crippen molar-refractivity contribution in [1.29, 1.82) is 0 Å². The molecule has 0 aliphatic carbocycles. The van der Waals surface area contributed by atoms with Crippen molar-refractivity contribution in [3.63, 3.8) is 0 Å². The summed E-state index contributed by atoms with van der Waals surface area (Å²) >= 11 is 14.8. The molecule has 0 fully saturated rings. The van der Waals surface area contributed by atoms with Crippen LogP contribution in [0.3, 0.4) is 0 Å². The van der Waals surface area contributed by atoms with Crippen LogP contribution in [0.4, 0.5) is 5.69 Å². The van der Waals surface area contributed by atoms with E-state index in [1.54, 1.807) is 29.5 Å². The van der Waals surface area contributed by atoms with Gasteiger partial charge in [0.25, 0.3) is 0 Å². The lowest BCUT2D eigenvalue weighted by Crippen LogP contribution is -2.02. The number of anilines is 1. The van der Waals surface area contributed by atoms with Gasteiger partial charge in [-0.25, -0.2) is 4.98 Å². The van der Waals surface area contributed by atoms with Crippen molar-refractivity contribution in [3.05, 3.63) is 68.3 Å². The van der Waals surface area contributed by atoms with E-state index in [4.69, 9.17) is 28.9 Å². The molecule has 0 radical (unpaired) electrons. The molecule has 0 aliphatic heterocycles. The number of benzene rings is 1. The summed E-state index contributed by atoms with van der Waals surface area (Å²) in [5, 5.41) is 3.53. The number of carbonyl (C=O) groups is 1. The lowest BCUT2D eigenvalue weighted by Gasteiger charge is -2.02. The molecule has 124 valence electrons. The van der Waals surface area contributed by atoms with Crippen molar-refractivity contribution in [2.24, 2.45) is 0 Å². The van der Waals surface area contributed by atoms with Crippen LogP contribution in [0, 0.1) is 0 Å². The summed E-state index contributed by atoms with van der Waals surface area (Å²) < 4.78 is 0. The quantitative estimate of drug-likeness (QED) is 0.416. The molecule has 0 unspecified atom stereocenters. The van der Waals surface area contributed by atoms with Crippen LogP contribution in [0.25, 0.3) is 20.8 Å². The first kappa shape index (κ1) is 16.5. The van der Waals surface area contributed by atoms with Gasteiger partial charge in [-0.3, -0.25) is 4.79 Å². The zero-order valence-electron chi connectivity index (χ0n) is 12.6. The van der Waals surface area contributed by atoms with Gasteiger partial charge in [-0.05, 0) is 41.8 Å². The van der Waals surface area contributed by atoms with Gasteiger partial charge >= 0.3 is 0 Å². The lowest BCUT2D eigenvalue weighted by atomic mass is 10.1. The first-order valence-corrected chi connectivity index (χ1v) is 9.72. The Bertz CT molecular complexity index is 1100. The maximum Gasteiger partial charge on any atom is 0.205 e. The minimum atomic E-state index is -0.184. The molecule has 0 atom stereocenters. The van der Waals surface area contributed by atoms with Crippen LogP contribution in [0.15, 0.2) is 47.8 Å². The van der Waals surface area contributed by atoms with Gasteiger partial charge in [0.2, 0.25) is 5.78 Å². The van der Waals surface area contributed by atoms with Crippen LogP contribution in [0.5, 0.6) is 0 Å². The van der Waals surface area contributed by atoms with Crippen LogP contribution in [-0.2, 0) is 0 Å². The van der Waals surface area contributed by atoms with Crippen LogP contribution in [-0.4, -0.2) is 10.8 Å². The largest absolute Gasteiger partial charge is 0.397 e. The van der Waals surface area contributed by atoms with Gasteiger partial charge in [0.1, 0.15) is 9.71 Å². The Labute approximate surface area is 161 Å². The Morgan fingerprint density at radius 3 is 2.64 bits per heavy atom. The maximum atomic E-state index is 12.8. The van der Waals surface area contributed by atoms with E-state index >= 15 is 0 Å². The molecule has 7 heteroatoms. The summed E-state index contributed by atoms with van der Waals surface area (Å²) in [4.78, 5) is 19.8. The number of aromatic nitrogens is 1. The van der Waals surface area contributed by atoms with Gasteiger partial charge in [-0.15, -0.1) is 22.7 Å². The monoisotopic (exact) mass is 404 g/mol. The average Bonchev–Trinajstić information content (AvgIpc) is 3.25. The van der Waals surface area contributed by atoms with Crippen molar-refractivity contribution < 1.29 is 4.79 Å². The van der Waals surface area contributed by atoms with E-state index in [1.165, 1.54) is 11.3 Å². The average molecular weight is 405 g/mol. The van der Waals surface area contributed by atoms with Crippen LogP contribution < -0.4 is 5.73 Å². The fourth-order valence-corrected chi connectivity index (χ4v) is 4.55. The molecule has 0 aliphatic rings. The van der Waals surface area contributed by atoms with Gasteiger partial charge in [0.15, 0.2) is 0 Å². The van der Waals surface area contributed by atoms with Crippen molar-refractivity contribution in [1.82, 2.24) is 4.98 Å². The molecule has 4 aromatic rings. The van der Waals surface area contributed by atoms with Crippen molar-refractivity contribution in [3.8, 4) is 10.6 Å². The molecule has 0 saturated carbocycles. The summed E-state index contributed by atoms with van der Waals surface area (Å²) in [7, 11) is 0. The minimum Gasteiger partial charge on any atom is -0.397 e. The first-order chi connectivity index (χ1) is 12.0. The molecule has 0 saturated heterocycles. The smallest absolute Gasteiger partial charge is 0.205 e. The van der Waals surface area contributed by atoms with E-state index in [-0.39, 0.29) is 5.78 Å². The molecule has 1 aromatic carbocycles. The summed E-state index contributed by atoms with van der Waals surface area (Å²) in [5.74, 6) is -0.184. The highest BCUT2D eigenvalue weighted by Crippen LogP contribution is 2.36. The van der Waals surface area contributed by atoms with E-state index in [0.29, 0.717) is 26.2 Å². The number of carbonyl (C=O) groups excluding carboxylic acids is 1. The molecule has 0 spiro atoms. The Morgan fingerprint density at radius 1 is 1.08 bits per heavy atom. The third-order valence-corrected chi connectivity index (χ3v) is 6.50. The van der Waals surface area contributed by atoms with Crippen molar-refractivity contribution in [2.75, 3.05) is 5.73 Å². The number of halogens is 2. The van der Waals surface area contributed by atoms with Gasteiger partial charge in [-0.2, -0.15) is 0 Å². The summed E-state index contributed by atoms with van der Waals surface area (Å²) in [5.41, 5.74) is 7.98. The van der Waals surface area contributed by atoms with Gasteiger partial charge in [0, 0.05) is 10.9 Å². The SMILES string of the molecule is Nc1c(C(=O)c2ccc(Cl)c(Cl)c2)sc2nc(-c3cccs3)ccc12. The molecular formula is C18H10Cl2N2OS2. The Morgan fingerprint density at radius 2 is 1.92 bits per heavy atom. The third-order valence-electron chi connectivity index (χ3n) is 3.76. The number of rotatable bonds is 3. The van der Waals surface area contributed by atoms with E-state index in [0.717, 1.165) is 20.8 Å². The number of hydrogen-bond acceptors (Lipinski definition) is 5. The molecule has 4 rings (SSSR count). The number of fused-ring (bicyclic) bond motifs is 1. The number of thiophene rings is 2. The molecule has 2 N–H and O–H groups in total. The molecule has 0 amide bonds. The first-order valence-electron chi connectivity index (χ1n) is 7.27. The summed E-state index contributed by atoms with van der Waals surface area (Å²) in [6.07, 6.45) is 0. The second kappa shape index (κ2) is 6.42. The van der Waals surface area contributed by atoms with Gasteiger partial charge in [-0.1, -0.05) is 29.3 Å². The Hall–Kier alpha value is -1.92. The van der Waals surface area contributed by atoms with Crippen molar-refractivity contribution in [2.45, 2.75) is 0 Å². The normalized spacial score (nSPS) is 11.1. The number of hydrogen-bond donors (Lipinski definition) is 1. The number of nitrogen functional groups attached to an aromatic ring is 1. The highest BCUT2D eigenvalue weighted by molar-refractivity contribution is 7.21. The minimum absolute atomic E-state index is 0.184. The highest BCUT2D eigenvalue weighted by Gasteiger charge is 2.20. The fraction of sp³-hybridized carbons (Fsp3) is 0. The van der Waals surface area contributed by atoms with Crippen LogP contribution >= 0.6 is 45.9 Å². The van der Waals surface area contributed by atoms with E-state index < -0.39 is 0 Å². The summed E-state index contributed by atoms with van der Waals surface area (Å²) in [6.45, 7) is 0. The zero-order chi connectivity index (χ0) is 17.6. The number of nitrogens with two attached hydrogens (primary N) is 1. The predicted octanol–water partition coefficient (Wildman–Crippen LogP) is 6.14. The van der Waals surface area contributed by atoms with Crippen LogP contribution in [0.2, 0.25) is 10.0 Å². The topological polar surface area (TPSA) is 56.0 Å². The number of nitrogens with zero attached hydrogens (tertiary/aromatic N) is 1. The fourth-order valence-electron chi connectivity index (χ4n) is 2.50. The van der Waals surface area contributed by atoms with Crippen molar-refractivity contribution >= 4 is 67.6 Å². The second-order valence-electron chi connectivity index (χ2n) is 5.33. The van der Waals surface area contributed by atoms with E-state index in [2.05, 4.69) is 4.98 Å². The number of pyridine rings is 1. The molecule has 25 heavy (non-hydrogen) atoms. The Kier molecular flexibility index (Phi) is 4.25. The Balaban J connectivity index is 1.80. The third kappa shape index (κ3) is 2.93. The van der Waals surface area contributed by atoms with Gasteiger partial charge < -0.3 is 5.73 Å². The van der Waals surface area contributed by atoms with Gasteiger partial charge in [0.05, 0.1) is 26.3 Å². The van der Waals surface area contributed by atoms with E-state index in [1.807, 2.05) is 29.6 Å². The summed E-state index contributed by atoms with van der Waals surface area (Å²) in [6, 6.07) is 12.6. The molecular weight excluding hydrogens is 395 g/mol. The highest BCUT2D eigenvalue weighted by atomic mass is 35.5. The maximum absolute atomic E-state index is 12.8. The van der Waals surface area contributed by atoms with E-state index in [9.17, 15) is 4.79 Å². The second-order valence-corrected chi connectivity index (χ2v) is 8.09. The lowest BCUT2D eigenvalue weighted by molar-refractivity contribution is 0.104. The predicted molar refractivity (Wildman–Crippen MR) is 107 cm³/mol. The number of ketones is 1. The molecule has 3 aromatic heterocycles. The molecule has 3 nitrogen and oxygen atoms in total. The van der Waals surface area contributed by atoms with Crippen LogP contribution in [0.1, 0.15) is 15.2 Å².